The molecule has 0 unspecified atom stereocenters. The van der Waals surface area contributed by atoms with Crippen molar-refractivity contribution in [3.8, 4) is 0 Å². The second kappa shape index (κ2) is 9.19. The molecule has 1 amide bonds. The van der Waals surface area contributed by atoms with Crippen molar-refractivity contribution >= 4 is 21.6 Å². The van der Waals surface area contributed by atoms with Gasteiger partial charge in [-0.1, -0.05) is 25.1 Å². The lowest BCUT2D eigenvalue weighted by Crippen LogP contribution is -2.37. The minimum Gasteiger partial charge on any atom is -0.325 e. The van der Waals surface area contributed by atoms with E-state index in [1.54, 1.807) is 19.9 Å². The maximum atomic E-state index is 13.8. The van der Waals surface area contributed by atoms with Crippen LogP contribution < -0.4 is 5.32 Å². The first-order chi connectivity index (χ1) is 14.9. The van der Waals surface area contributed by atoms with Gasteiger partial charge in [0.1, 0.15) is 5.82 Å². The van der Waals surface area contributed by atoms with E-state index in [1.807, 2.05) is 6.07 Å². The van der Waals surface area contributed by atoms with Gasteiger partial charge >= 0.3 is 6.18 Å². The average Bonchev–Trinajstić information content (AvgIpc) is 2.68. The van der Waals surface area contributed by atoms with E-state index in [1.165, 1.54) is 4.31 Å². The molecule has 0 radical (unpaired) electrons. The van der Waals surface area contributed by atoms with Crippen LogP contribution in [-0.2, 0) is 40.4 Å². The molecule has 0 saturated carbocycles. The zero-order valence-electron chi connectivity index (χ0n) is 17.7. The van der Waals surface area contributed by atoms with Gasteiger partial charge in [0.2, 0.25) is 15.9 Å². The number of aryl methyl sites for hydroxylation is 1. The Labute approximate surface area is 184 Å². The summed E-state index contributed by atoms with van der Waals surface area (Å²) in [6.45, 7) is 4.11. The molecule has 174 valence electrons. The van der Waals surface area contributed by atoms with Crippen LogP contribution in [0.4, 0.5) is 23.2 Å². The van der Waals surface area contributed by atoms with Crippen LogP contribution in [-0.4, -0.2) is 30.9 Å². The third-order valence-electron chi connectivity index (χ3n) is 5.40. The highest BCUT2D eigenvalue weighted by atomic mass is 32.2. The molecule has 0 fully saturated rings. The predicted molar refractivity (Wildman–Crippen MR) is 113 cm³/mol. The Morgan fingerprint density at radius 1 is 1.19 bits per heavy atom. The van der Waals surface area contributed by atoms with E-state index in [0.29, 0.717) is 37.2 Å². The van der Waals surface area contributed by atoms with Gasteiger partial charge in [-0.25, -0.2) is 12.8 Å². The summed E-state index contributed by atoms with van der Waals surface area (Å²) in [5.74, 6) is -1.85. The molecule has 32 heavy (non-hydrogen) atoms. The first-order valence-corrected chi connectivity index (χ1v) is 11.8. The molecule has 1 N–H and O–H groups in total. The molecule has 2 aromatic carbocycles. The number of anilines is 1. The molecule has 10 heteroatoms. The van der Waals surface area contributed by atoms with Crippen molar-refractivity contribution in [3.63, 3.8) is 0 Å². The predicted octanol–water partition coefficient (Wildman–Crippen LogP) is 4.43. The number of hydrogen-bond donors (Lipinski definition) is 1. The molecular formula is C22H24F4N2O3S. The number of fused-ring (bicyclic) bond motifs is 1. The number of carbonyl (C=O) groups excluding carboxylic acids is 1. The van der Waals surface area contributed by atoms with Gasteiger partial charge in [0.25, 0.3) is 0 Å². The minimum absolute atomic E-state index is 0.0709. The number of sulfonamides is 1. The number of carbonyl (C=O) groups is 1. The minimum atomic E-state index is -4.80. The zero-order chi connectivity index (χ0) is 23.7. The molecule has 0 aromatic heterocycles. The number of alkyl halides is 3. The van der Waals surface area contributed by atoms with Crippen molar-refractivity contribution in [2.75, 3.05) is 17.6 Å². The van der Waals surface area contributed by atoms with Gasteiger partial charge in [-0.05, 0) is 54.2 Å². The van der Waals surface area contributed by atoms with Crippen molar-refractivity contribution in [3.05, 3.63) is 64.0 Å². The SMILES string of the molecule is CCCS(=O)(=O)N1CCc2c(ccc(C)c2NC(=O)Cc2ccc(C(F)(F)F)c(F)c2)C1. The number of nitrogens with zero attached hydrogens (tertiary/aromatic N) is 1. The molecule has 0 spiro atoms. The van der Waals surface area contributed by atoms with Crippen LogP contribution in [0.3, 0.4) is 0 Å². The van der Waals surface area contributed by atoms with Crippen LogP contribution in [0.15, 0.2) is 30.3 Å². The summed E-state index contributed by atoms with van der Waals surface area (Å²) in [7, 11) is -3.35. The van der Waals surface area contributed by atoms with E-state index in [9.17, 15) is 30.8 Å². The molecule has 0 atom stereocenters. The monoisotopic (exact) mass is 472 g/mol. The third kappa shape index (κ3) is 5.29. The number of nitrogens with one attached hydrogen (secondary N) is 1. The molecular weight excluding hydrogens is 448 g/mol. The van der Waals surface area contributed by atoms with Gasteiger partial charge in [0.05, 0.1) is 17.7 Å². The molecule has 0 aliphatic carbocycles. The van der Waals surface area contributed by atoms with Crippen molar-refractivity contribution < 1.29 is 30.8 Å². The van der Waals surface area contributed by atoms with Crippen LogP contribution in [0.2, 0.25) is 0 Å². The summed E-state index contributed by atoms with van der Waals surface area (Å²) in [6, 6.07) is 6.03. The second-order valence-electron chi connectivity index (χ2n) is 7.83. The molecule has 3 rings (SSSR count). The fraction of sp³-hybridized carbons (Fsp3) is 0.409. The molecule has 1 aliphatic heterocycles. The first-order valence-electron chi connectivity index (χ1n) is 10.2. The van der Waals surface area contributed by atoms with E-state index < -0.39 is 33.5 Å². The molecule has 0 saturated heterocycles. The van der Waals surface area contributed by atoms with E-state index in [2.05, 4.69) is 5.32 Å². The van der Waals surface area contributed by atoms with Gasteiger partial charge in [0, 0.05) is 18.8 Å². The maximum Gasteiger partial charge on any atom is 0.419 e. The van der Waals surface area contributed by atoms with E-state index in [4.69, 9.17) is 0 Å². The Bertz CT molecular complexity index is 1130. The standard InChI is InChI=1S/C22H24F4N2O3S/c1-3-10-32(30,31)28-9-8-17-16(13-28)6-4-14(2)21(17)27-20(29)12-15-5-7-18(19(23)11-15)22(24,25)26/h4-7,11H,3,8-10,12-13H2,1-2H3,(H,27,29). The van der Waals surface area contributed by atoms with E-state index in [-0.39, 0.29) is 24.3 Å². The molecule has 5 nitrogen and oxygen atoms in total. The lowest BCUT2D eigenvalue weighted by atomic mass is 9.95. The molecule has 1 heterocycles. The van der Waals surface area contributed by atoms with Gasteiger partial charge in [0.15, 0.2) is 0 Å². The number of halogens is 4. The summed E-state index contributed by atoms with van der Waals surface area (Å²) in [5.41, 5.74) is 1.70. The molecule has 2 aromatic rings. The highest BCUT2D eigenvalue weighted by Crippen LogP contribution is 2.33. The normalized spacial score (nSPS) is 14.8. The maximum absolute atomic E-state index is 13.8. The molecule has 1 aliphatic rings. The zero-order valence-corrected chi connectivity index (χ0v) is 18.5. The van der Waals surface area contributed by atoms with Crippen molar-refractivity contribution in [2.45, 2.75) is 45.8 Å². The van der Waals surface area contributed by atoms with Gasteiger partial charge in [-0.15, -0.1) is 0 Å². The Balaban J connectivity index is 1.78. The third-order valence-corrected chi connectivity index (χ3v) is 7.42. The van der Waals surface area contributed by atoms with Crippen LogP contribution >= 0.6 is 0 Å². The highest BCUT2D eigenvalue weighted by Gasteiger charge is 2.34. The van der Waals surface area contributed by atoms with E-state index >= 15 is 0 Å². The molecule has 0 bridgehead atoms. The van der Waals surface area contributed by atoms with Crippen molar-refractivity contribution in [2.24, 2.45) is 0 Å². The fourth-order valence-corrected chi connectivity index (χ4v) is 5.29. The summed E-state index contributed by atoms with van der Waals surface area (Å²) in [4.78, 5) is 12.6. The summed E-state index contributed by atoms with van der Waals surface area (Å²) in [6.07, 6.45) is -4.16. The summed E-state index contributed by atoms with van der Waals surface area (Å²) < 4.78 is 78.2. The topological polar surface area (TPSA) is 66.5 Å². The summed E-state index contributed by atoms with van der Waals surface area (Å²) in [5, 5.41) is 2.78. The van der Waals surface area contributed by atoms with Gasteiger partial charge < -0.3 is 5.32 Å². The van der Waals surface area contributed by atoms with Gasteiger partial charge in [-0.3, -0.25) is 4.79 Å². The lowest BCUT2D eigenvalue weighted by molar-refractivity contribution is -0.140. The van der Waals surface area contributed by atoms with Crippen LogP contribution in [0.25, 0.3) is 0 Å². The Morgan fingerprint density at radius 2 is 1.91 bits per heavy atom. The lowest BCUT2D eigenvalue weighted by Gasteiger charge is -2.30. The Kier molecular flexibility index (Phi) is 6.94. The number of benzene rings is 2. The van der Waals surface area contributed by atoms with Crippen LogP contribution in [0.5, 0.6) is 0 Å². The van der Waals surface area contributed by atoms with Crippen molar-refractivity contribution in [1.29, 1.82) is 0 Å². The highest BCUT2D eigenvalue weighted by molar-refractivity contribution is 7.89. The smallest absolute Gasteiger partial charge is 0.325 e. The first kappa shape index (κ1) is 24.2. The largest absolute Gasteiger partial charge is 0.419 e. The Hall–Kier alpha value is -2.46. The van der Waals surface area contributed by atoms with Gasteiger partial charge in [-0.2, -0.15) is 17.5 Å². The number of amides is 1. The van der Waals surface area contributed by atoms with Crippen LogP contribution in [0, 0.1) is 12.7 Å². The van der Waals surface area contributed by atoms with E-state index in [0.717, 1.165) is 22.8 Å². The second-order valence-corrected chi connectivity index (χ2v) is 9.92. The summed E-state index contributed by atoms with van der Waals surface area (Å²) >= 11 is 0. The fourth-order valence-electron chi connectivity index (χ4n) is 3.81. The van der Waals surface area contributed by atoms with Crippen LogP contribution in [0.1, 0.15) is 41.2 Å². The Morgan fingerprint density at radius 3 is 2.53 bits per heavy atom. The number of rotatable bonds is 6. The quantitative estimate of drug-likeness (QED) is 0.633. The van der Waals surface area contributed by atoms with Crippen molar-refractivity contribution in [1.82, 2.24) is 4.31 Å². The average molecular weight is 473 g/mol. The number of hydrogen-bond acceptors (Lipinski definition) is 3.